The van der Waals surface area contributed by atoms with E-state index in [0.717, 1.165) is 32.1 Å². The molecule has 0 aromatic carbocycles. The summed E-state index contributed by atoms with van der Waals surface area (Å²) in [4.78, 5) is 14.5. The van der Waals surface area contributed by atoms with Crippen LogP contribution >= 0.6 is 0 Å². The summed E-state index contributed by atoms with van der Waals surface area (Å²) in [5.74, 6) is 2.40. The number of nitrogens with one attached hydrogen (secondary N) is 1. The average molecular weight is 317 g/mol. The normalized spacial score (nSPS) is 50.5. The number of aliphatic hydroxyl groups is 1. The second-order valence-corrected chi connectivity index (χ2v) is 8.66. The molecule has 1 saturated heterocycles. The molecule has 3 saturated carbocycles. The van der Waals surface area contributed by atoms with Crippen LogP contribution in [0, 0.1) is 35.0 Å². The van der Waals surface area contributed by atoms with Crippen molar-refractivity contribution in [2.45, 2.75) is 69.7 Å². The summed E-state index contributed by atoms with van der Waals surface area (Å²) in [6.45, 7) is 4.73. The third-order valence-corrected chi connectivity index (χ3v) is 7.01. The van der Waals surface area contributed by atoms with E-state index in [2.05, 4.69) is 25.2 Å². The van der Waals surface area contributed by atoms with Crippen molar-refractivity contribution >= 4 is 5.91 Å². The summed E-state index contributed by atoms with van der Waals surface area (Å²) >= 11 is 0. The van der Waals surface area contributed by atoms with Gasteiger partial charge in [-0.15, -0.1) is 0 Å². The van der Waals surface area contributed by atoms with Crippen molar-refractivity contribution in [3.05, 3.63) is 0 Å². The fourth-order valence-corrected chi connectivity index (χ4v) is 5.82. The highest BCUT2D eigenvalue weighted by molar-refractivity contribution is 5.80. The lowest BCUT2D eigenvalue weighted by Crippen LogP contribution is -2.49. The molecule has 5 heteroatoms. The van der Waals surface area contributed by atoms with Gasteiger partial charge in [-0.3, -0.25) is 4.79 Å². The molecule has 0 bridgehead atoms. The van der Waals surface area contributed by atoms with Gasteiger partial charge in [0.15, 0.2) is 0 Å². The Balaban J connectivity index is 1.34. The molecule has 0 aromatic rings. The molecule has 3 aliphatic carbocycles. The Morgan fingerprint density at radius 3 is 2.61 bits per heavy atom. The van der Waals surface area contributed by atoms with Crippen molar-refractivity contribution in [3.8, 4) is 6.07 Å². The first-order chi connectivity index (χ1) is 10.9. The van der Waals surface area contributed by atoms with E-state index in [1.165, 1.54) is 0 Å². The Labute approximate surface area is 138 Å². The number of carbonyl (C=O) groups excluding carboxylic acids is 1. The summed E-state index contributed by atoms with van der Waals surface area (Å²) in [6, 6.07) is 2.39. The second-order valence-electron chi connectivity index (χ2n) is 8.66. The van der Waals surface area contributed by atoms with Crippen molar-refractivity contribution in [2.24, 2.45) is 23.7 Å². The van der Waals surface area contributed by atoms with Crippen LogP contribution in [-0.2, 0) is 4.79 Å². The highest BCUT2D eigenvalue weighted by Crippen LogP contribution is 2.53. The maximum atomic E-state index is 12.7. The van der Waals surface area contributed by atoms with Crippen molar-refractivity contribution in [1.29, 1.82) is 5.26 Å². The molecule has 4 unspecified atom stereocenters. The number of nitrogens with zero attached hydrogens (tertiary/aromatic N) is 2. The van der Waals surface area contributed by atoms with Crippen LogP contribution in [-0.4, -0.2) is 46.2 Å². The minimum absolute atomic E-state index is 0.00155. The van der Waals surface area contributed by atoms with Gasteiger partial charge in [0, 0.05) is 11.6 Å². The zero-order chi connectivity index (χ0) is 16.4. The molecule has 23 heavy (non-hydrogen) atoms. The molecule has 4 fully saturated rings. The van der Waals surface area contributed by atoms with Crippen molar-refractivity contribution in [1.82, 2.24) is 10.2 Å². The van der Waals surface area contributed by atoms with Crippen LogP contribution in [0.15, 0.2) is 0 Å². The smallest absolute Gasteiger partial charge is 0.237 e. The molecular weight excluding hydrogens is 290 g/mol. The van der Waals surface area contributed by atoms with Gasteiger partial charge in [0.1, 0.15) is 6.04 Å². The third kappa shape index (κ3) is 2.47. The van der Waals surface area contributed by atoms with Crippen LogP contribution in [0.25, 0.3) is 0 Å². The number of fused-ring (bicyclic) bond motifs is 2. The molecule has 126 valence electrons. The first kappa shape index (κ1) is 15.4. The quantitative estimate of drug-likeness (QED) is 0.822. The molecule has 2 N–H and O–H groups in total. The van der Waals surface area contributed by atoms with Crippen molar-refractivity contribution in [2.75, 3.05) is 6.54 Å². The Morgan fingerprint density at radius 2 is 2.00 bits per heavy atom. The van der Waals surface area contributed by atoms with Gasteiger partial charge >= 0.3 is 0 Å². The number of piperidine rings is 1. The van der Waals surface area contributed by atoms with Crippen LogP contribution in [0.4, 0.5) is 0 Å². The number of nitriles is 1. The first-order valence-corrected chi connectivity index (χ1v) is 9.06. The summed E-state index contributed by atoms with van der Waals surface area (Å²) in [6.07, 6.45) is 4.66. The fourth-order valence-electron chi connectivity index (χ4n) is 5.82. The highest BCUT2D eigenvalue weighted by Gasteiger charge is 2.60. The lowest BCUT2D eigenvalue weighted by atomic mass is 9.95. The molecule has 4 aliphatic rings. The molecule has 1 heterocycles. The van der Waals surface area contributed by atoms with E-state index in [-0.39, 0.29) is 23.6 Å². The van der Waals surface area contributed by atoms with Crippen LogP contribution < -0.4 is 5.32 Å². The lowest BCUT2D eigenvalue weighted by Gasteiger charge is -2.30. The summed E-state index contributed by atoms with van der Waals surface area (Å²) < 4.78 is 0. The number of hydrogen-bond donors (Lipinski definition) is 2. The monoisotopic (exact) mass is 317 g/mol. The van der Waals surface area contributed by atoms with E-state index in [0.29, 0.717) is 36.3 Å². The first-order valence-electron chi connectivity index (χ1n) is 9.06. The molecule has 1 amide bonds. The minimum atomic E-state index is -0.221. The highest BCUT2D eigenvalue weighted by atomic mass is 16.3. The van der Waals surface area contributed by atoms with Gasteiger partial charge in [-0.05, 0) is 62.7 Å². The Kier molecular flexibility index (Phi) is 3.48. The molecule has 0 radical (unpaired) electrons. The van der Waals surface area contributed by atoms with Gasteiger partial charge in [0.25, 0.3) is 0 Å². The zero-order valence-electron chi connectivity index (χ0n) is 14.0. The van der Waals surface area contributed by atoms with Gasteiger partial charge in [-0.25, -0.2) is 0 Å². The summed E-state index contributed by atoms with van der Waals surface area (Å²) in [5, 5.41) is 22.6. The topological polar surface area (TPSA) is 76.4 Å². The van der Waals surface area contributed by atoms with E-state index in [1.54, 1.807) is 0 Å². The van der Waals surface area contributed by atoms with Crippen molar-refractivity contribution < 1.29 is 9.90 Å². The number of aliphatic hydroxyl groups excluding tert-OH is 1. The number of rotatable bonds is 3. The Hall–Kier alpha value is -1.12. The van der Waals surface area contributed by atoms with Crippen LogP contribution in [0.5, 0.6) is 0 Å². The van der Waals surface area contributed by atoms with Crippen LogP contribution in [0.2, 0.25) is 0 Å². The largest absolute Gasteiger partial charge is 0.393 e. The van der Waals surface area contributed by atoms with E-state index < -0.39 is 0 Å². The molecule has 0 aromatic heterocycles. The summed E-state index contributed by atoms with van der Waals surface area (Å²) in [7, 11) is 0. The predicted octanol–water partition coefficient (Wildman–Crippen LogP) is 1.27. The van der Waals surface area contributed by atoms with Gasteiger partial charge in [-0.2, -0.15) is 5.26 Å². The maximum absolute atomic E-state index is 12.7. The van der Waals surface area contributed by atoms with E-state index in [4.69, 9.17) is 0 Å². The van der Waals surface area contributed by atoms with Crippen LogP contribution in [0.3, 0.4) is 0 Å². The predicted molar refractivity (Wildman–Crippen MR) is 85.2 cm³/mol. The molecular formula is C18H27N3O2. The molecule has 0 spiro atoms. The number of carbonyl (C=O) groups is 1. The third-order valence-electron chi connectivity index (χ3n) is 7.01. The fraction of sp³-hybridized carbons (Fsp3) is 0.889. The standard InChI is InChI=1S/C18H27N3O2/c1-10-15-5-13(8-19)21(17(10)15)16(23)9-20-18(2)6-11-3-14(22)4-12(11)7-18/h10-15,17,20,22H,3-7,9H2,1-2H3/t10-,11-,12+,13-,14?,15?,17?,18?/m0/s1. The maximum Gasteiger partial charge on any atom is 0.237 e. The van der Waals surface area contributed by atoms with E-state index >= 15 is 0 Å². The SMILES string of the molecule is C[C@H]1C2C[C@@H](C#N)N(C(=O)CNC3(C)C[C@H]4CC(O)C[C@H]4C3)C21. The molecule has 1 aliphatic heterocycles. The average Bonchev–Trinajstić information content (AvgIpc) is 2.85. The number of amides is 1. The zero-order valence-corrected chi connectivity index (χ0v) is 14.0. The minimum Gasteiger partial charge on any atom is -0.393 e. The number of hydrogen-bond acceptors (Lipinski definition) is 4. The molecule has 8 atom stereocenters. The van der Waals surface area contributed by atoms with Gasteiger partial charge in [-0.1, -0.05) is 6.92 Å². The molecule has 5 nitrogen and oxygen atoms in total. The van der Waals surface area contributed by atoms with Gasteiger partial charge in [0.05, 0.1) is 18.7 Å². The Bertz CT molecular complexity index is 543. The second kappa shape index (κ2) is 5.19. The van der Waals surface area contributed by atoms with Crippen molar-refractivity contribution in [3.63, 3.8) is 0 Å². The van der Waals surface area contributed by atoms with E-state index in [1.807, 2.05) is 4.90 Å². The van der Waals surface area contributed by atoms with Gasteiger partial charge < -0.3 is 15.3 Å². The number of likely N-dealkylation sites (tertiary alicyclic amines) is 1. The van der Waals surface area contributed by atoms with E-state index in [9.17, 15) is 15.2 Å². The Morgan fingerprint density at radius 1 is 1.35 bits per heavy atom. The summed E-state index contributed by atoms with van der Waals surface area (Å²) in [5.41, 5.74) is 0.00155. The molecule has 4 rings (SSSR count). The lowest BCUT2D eigenvalue weighted by molar-refractivity contribution is -0.131. The van der Waals surface area contributed by atoms with Gasteiger partial charge in [0.2, 0.25) is 5.91 Å². The van der Waals surface area contributed by atoms with Crippen LogP contribution in [0.1, 0.15) is 46.0 Å².